The van der Waals surface area contributed by atoms with Gasteiger partial charge in [-0.1, -0.05) is 17.3 Å². The van der Waals surface area contributed by atoms with Crippen LogP contribution in [0.2, 0.25) is 0 Å². The number of carbonyl (C=O) groups excluding carboxylic acids is 2. The van der Waals surface area contributed by atoms with Crippen molar-refractivity contribution in [2.75, 3.05) is 27.9 Å². The molecule has 3 rings (SSSR count). The number of hydrogen-bond acceptors (Lipinski definition) is 8. The molecule has 0 atom stereocenters. The highest BCUT2D eigenvalue weighted by molar-refractivity contribution is 6.13. The maximum absolute atomic E-state index is 13.4. The predicted molar refractivity (Wildman–Crippen MR) is 111 cm³/mol. The first-order valence-electron chi connectivity index (χ1n) is 9.52. The summed E-state index contributed by atoms with van der Waals surface area (Å²) in [5, 5.41) is 7.96. The van der Waals surface area contributed by atoms with Crippen LogP contribution in [0.5, 0.6) is 17.2 Å². The van der Waals surface area contributed by atoms with Crippen molar-refractivity contribution in [3.8, 4) is 17.2 Å². The number of nitrogens with zero attached hydrogens (tertiary/aromatic N) is 3. The fourth-order valence-corrected chi connectivity index (χ4v) is 3.00. The standard InChI is InChI=1S/C22H23N3O6/c1-5-31-22(27)19-20(21(26)15-8-11-17(29-3)18(12-15)30-4)25(24-23-19)13-14-6-9-16(28-2)10-7-14/h6-12H,5,13H2,1-4H3. The molecule has 162 valence electrons. The molecular formula is C22H23N3O6. The summed E-state index contributed by atoms with van der Waals surface area (Å²) >= 11 is 0. The average molecular weight is 425 g/mol. The molecule has 0 radical (unpaired) electrons. The summed E-state index contributed by atoms with van der Waals surface area (Å²) < 4.78 is 22.1. The van der Waals surface area contributed by atoms with Crippen molar-refractivity contribution in [3.05, 3.63) is 65.0 Å². The summed E-state index contributed by atoms with van der Waals surface area (Å²) in [6.07, 6.45) is 0. The normalized spacial score (nSPS) is 10.5. The molecular weight excluding hydrogens is 402 g/mol. The summed E-state index contributed by atoms with van der Waals surface area (Å²) in [7, 11) is 4.57. The number of ether oxygens (including phenoxy) is 4. The van der Waals surface area contributed by atoms with Gasteiger partial charge >= 0.3 is 5.97 Å². The molecule has 1 heterocycles. The molecule has 0 aliphatic heterocycles. The van der Waals surface area contributed by atoms with Gasteiger partial charge in [0.05, 0.1) is 34.5 Å². The summed E-state index contributed by atoms with van der Waals surface area (Å²) in [6, 6.07) is 12.0. The summed E-state index contributed by atoms with van der Waals surface area (Å²) in [4.78, 5) is 25.8. The Hall–Kier alpha value is -3.88. The van der Waals surface area contributed by atoms with Gasteiger partial charge in [0.25, 0.3) is 0 Å². The molecule has 0 spiro atoms. The lowest BCUT2D eigenvalue weighted by Crippen LogP contribution is -2.17. The summed E-state index contributed by atoms with van der Waals surface area (Å²) in [5.74, 6) is 0.417. The van der Waals surface area contributed by atoms with Gasteiger partial charge in [0.15, 0.2) is 11.5 Å². The van der Waals surface area contributed by atoms with Crippen LogP contribution in [0.1, 0.15) is 39.0 Å². The van der Waals surface area contributed by atoms with Crippen molar-refractivity contribution >= 4 is 11.8 Å². The number of benzene rings is 2. The number of methoxy groups -OCH3 is 3. The highest BCUT2D eigenvalue weighted by atomic mass is 16.5. The van der Waals surface area contributed by atoms with Crippen molar-refractivity contribution < 1.29 is 28.5 Å². The lowest BCUT2D eigenvalue weighted by atomic mass is 10.1. The second-order valence-corrected chi connectivity index (χ2v) is 6.41. The van der Waals surface area contributed by atoms with Crippen LogP contribution in [-0.4, -0.2) is 54.7 Å². The quantitative estimate of drug-likeness (QED) is 0.381. The maximum atomic E-state index is 13.4. The van der Waals surface area contributed by atoms with E-state index in [4.69, 9.17) is 18.9 Å². The first-order chi connectivity index (χ1) is 15.0. The van der Waals surface area contributed by atoms with Crippen LogP contribution >= 0.6 is 0 Å². The molecule has 0 saturated carbocycles. The summed E-state index contributed by atoms with van der Waals surface area (Å²) in [6.45, 7) is 2.05. The van der Waals surface area contributed by atoms with Crippen LogP contribution in [-0.2, 0) is 11.3 Å². The van der Waals surface area contributed by atoms with E-state index in [0.29, 0.717) is 22.8 Å². The largest absolute Gasteiger partial charge is 0.497 e. The van der Waals surface area contributed by atoms with E-state index >= 15 is 0 Å². The number of aromatic nitrogens is 3. The number of esters is 1. The minimum absolute atomic E-state index is 0.0292. The molecule has 0 unspecified atom stereocenters. The van der Waals surface area contributed by atoms with Crippen molar-refractivity contribution in [1.29, 1.82) is 0 Å². The number of ketones is 1. The van der Waals surface area contributed by atoms with E-state index in [1.54, 1.807) is 44.4 Å². The average Bonchev–Trinajstić information content (AvgIpc) is 3.22. The van der Waals surface area contributed by atoms with Crippen molar-refractivity contribution in [1.82, 2.24) is 15.0 Å². The first-order valence-corrected chi connectivity index (χ1v) is 9.52. The van der Waals surface area contributed by atoms with E-state index in [0.717, 1.165) is 5.56 Å². The Balaban J connectivity index is 2.03. The Kier molecular flexibility index (Phi) is 6.86. The Labute approximate surface area is 179 Å². The second-order valence-electron chi connectivity index (χ2n) is 6.41. The Morgan fingerprint density at radius 1 is 0.935 bits per heavy atom. The minimum atomic E-state index is -0.715. The molecule has 0 bridgehead atoms. The van der Waals surface area contributed by atoms with Gasteiger partial charge < -0.3 is 18.9 Å². The molecule has 0 amide bonds. The van der Waals surface area contributed by atoms with Gasteiger partial charge in [-0.2, -0.15) is 0 Å². The second kappa shape index (κ2) is 9.75. The van der Waals surface area contributed by atoms with E-state index < -0.39 is 11.8 Å². The van der Waals surface area contributed by atoms with Crippen LogP contribution in [0.4, 0.5) is 0 Å². The van der Waals surface area contributed by atoms with Gasteiger partial charge in [-0.15, -0.1) is 5.10 Å². The molecule has 1 aromatic heterocycles. The monoisotopic (exact) mass is 425 g/mol. The highest BCUT2D eigenvalue weighted by Crippen LogP contribution is 2.29. The SMILES string of the molecule is CCOC(=O)c1nnn(Cc2ccc(OC)cc2)c1C(=O)c1ccc(OC)c(OC)c1. The Bertz CT molecular complexity index is 1080. The molecule has 3 aromatic rings. The van der Waals surface area contributed by atoms with Crippen LogP contribution in [0.15, 0.2) is 42.5 Å². The van der Waals surface area contributed by atoms with E-state index in [1.165, 1.54) is 18.9 Å². The third kappa shape index (κ3) is 4.66. The fourth-order valence-electron chi connectivity index (χ4n) is 3.00. The lowest BCUT2D eigenvalue weighted by molar-refractivity contribution is 0.0516. The van der Waals surface area contributed by atoms with Crippen molar-refractivity contribution in [2.45, 2.75) is 13.5 Å². The van der Waals surface area contributed by atoms with E-state index in [2.05, 4.69) is 10.3 Å². The zero-order valence-corrected chi connectivity index (χ0v) is 17.7. The first kappa shape index (κ1) is 21.8. The molecule has 31 heavy (non-hydrogen) atoms. The Morgan fingerprint density at radius 3 is 2.26 bits per heavy atom. The molecule has 2 aromatic carbocycles. The maximum Gasteiger partial charge on any atom is 0.361 e. The van der Waals surface area contributed by atoms with E-state index in [1.807, 2.05) is 12.1 Å². The predicted octanol–water partition coefficient (Wildman–Crippen LogP) is 2.76. The van der Waals surface area contributed by atoms with E-state index in [-0.39, 0.29) is 24.5 Å². The zero-order chi connectivity index (χ0) is 22.4. The van der Waals surface area contributed by atoms with Gasteiger partial charge in [-0.3, -0.25) is 4.79 Å². The molecule has 0 saturated heterocycles. The number of hydrogen-bond donors (Lipinski definition) is 0. The third-order valence-electron chi connectivity index (χ3n) is 4.56. The molecule has 0 N–H and O–H groups in total. The number of rotatable bonds is 9. The molecule has 0 aliphatic rings. The van der Waals surface area contributed by atoms with Gasteiger partial charge in [-0.25, -0.2) is 9.48 Å². The van der Waals surface area contributed by atoms with Crippen molar-refractivity contribution in [3.63, 3.8) is 0 Å². The highest BCUT2D eigenvalue weighted by Gasteiger charge is 2.28. The third-order valence-corrected chi connectivity index (χ3v) is 4.56. The number of carbonyl (C=O) groups is 2. The van der Waals surface area contributed by atoms with E-state index in [9.17, 15) is 9.59 Å². The van der Waals surface area contributed by atoms with Gasteiger partial charge in [0, 0.05) is 5.56 Å². The smallest absolute Gasteiger partial charge is 0.361 e. The topological polar surface area (TPSA) is 102 Å². The van der Waals surface area contributed by atoms with Crippen molar-refractivity contribution in [2.24, 2.45) is 0 Å². The van der Waals surface area contributed by atoms with Gasteiger partial charge in [0.1, 0.15) is 11.4 Å². The van der Waals surface area contributed by atoms with Gasteiger partial charge in [0.2, 0.25) is 11.5 Å². The van der Waals surface area contributed by atoms with Crippen LogP contribution in [0, 0.1) is 0 Å². The van der Waals surface area contributed by atoms with Crippen LogP contribution < -0.4 is 14.2 Å². The zero-order valence-electron chi connectivity index (χ0n) is 17.7. The molecule has 9 heteroatoms. The van der Waals surface area contributed by atoms with Crippen LogP contribution in [0.25, 0.3) is 0 Å². The molecule has 0 aliphatic carbocycles. The molecule has 0 fully saturated rings. The van der Waals surface area contributed by atoms with Crippen LogP contribution in [0.3, 0.4) is 0 Å². The fraction of sp³-hybridized carbons (Fsp3) is 0.273. The Morgan fingerprint density at radius 2 is 1.65 bits per heavy atom. The summed E-state index contributed by atoms with van der Waals surface area (Å²) in [5.41, 5.74) is 1.03. The molecule has 9 nitrogen and oxygen atoms in total. The lowest BCUT2D eigenvalue weighted by Gasteiger charge is -2.11. The van der Waals surface area contributed by atoms with Gasteiger partial charge in [-0.05, 0) is 42.8 Å². The minimum Gasteiger partial charge on any atom is -0.497 e.